The third kappa shape index (κ3) is 3.12. The summed E-state index contributed by atoms with van der Waals surface area (Å²) in [4.78, 5) is 0. The maximum absolute atomic E-state index is 4.09. The Labute approximate surface area is 102 Å². The van der Waals surface area contributed by atoms with Gasteiger partial charge in [0.1, 0.15) is 0 Å². The molecule has 1 heterocycles. The Morgan fingerprint density at radius 3 is 2.65 bits per heavy atom. The molecule has 0 unspecified atom stereocenters. The van der Waals surface area contributed by atoms with Crippen LogP contribution in [0, 0.1) is 0 Å². The van der Waals surface area contributed by atoms with Gasteiger partial charge in [-0.1, -0.05) is 44.4 Å². The van der Waals surface area contributed by atoms with Crippen LogP contribution in [0.25, 0.3) is 5.69 Å². The van der Waals surface area contributed by atoms with Crippen LogP contribution in [-0.2, 0) is 6.42 Å². The predicted molar refractivity (Wildman–Crippen MR) is 67.0 cm³/mol. The molecule has 2 aromatic rings. The topological polar surface area (TPSA) is 43.6 Å². The van der Waals surface area contributed by atoms with Crippen molar-refractivity contribution in [3.63, 3.8) is 0 Å². The summed E-state index contributed by atoms with van der Waals surface area (Å²) in [7, 11) is 0. The lowest BCUT2D eigenvalue weighted by Gasteiger charge is -2.03. The van der Waals surface area contributed by atoms with Crippen molar-refractivity contribution in [2.75, 3.05) is 0 Å². The lowest BCUT2D eigenvalue weighted by Crippen LogP contribution is -2.03. The van der Waals surface area contributed by atoms with Gasteiger partial charge in [0.25, 0.3) is 0 Å². The number of para-hydroxylation sites is 1. The van der Waals surface area contributed by atoms with Crippen molar-refractivity contribution in [2.45, 2.75) is 39.0 Å². The van der Waals surface area contributed by atoms with Crippen LogP contribution in [0.3, 0.4) is 0 Å². The van der Waals surface area contributed by atoms with Crippen LogP contribution in [0.15, 0.2) is 30.3 Å². The van der Waals surface area contributed by atoms with Crippen LogP contribution in [0.1, 0.15) is 38.4 Å². The summed E-state index contributed by atoms with van der Waals surface area (Å²) in [6, 6.07) is 10.0. The first kappa shape index (κ1) is 11.8. The number of rotatable bonds is 6. The second-order valence-corrected chi connectivity index (χ2v) is 4.15. The second kappa shape index (κ2) is 6.13. The van der Waals surface area contributed by atoms with E-state index in [9.17, 15) is 0 Å². The average molecular weight is 230 g/mol. The fraction of sp³-hybridized carbons (Fsp3) is 0.462. The minimum atomic E-state index is 0.946. The molecule has 0 fully saturated rings. The molecule has 0 aliphatic carbocycles. The first-order chi connectivity index (χ1) is 8.42. The highest BCUT2D eigenvalue weighted by atomic mass is 15.5. The third-order valence-electron chi connectivity index (χ3n) is 2.79. The van der Waals surface area contributed by atoms with Crippen LogP contribution in [-0.4, -0.2) is 20.2 Å². The fourth-order valence-corrected chi connectivity index (χ4v) is 1.84. The molecule has 90 valence electrons. The number of hydrogen-bond donors (Lipinski definition) is 0. The number of unbranched alkanes of at least 4 members (excludes halogenated alkanes) is 3. The Balaban J connectivity index is 2.02. The van der Waals surface area contributed by atoms with Gasteiger partial charge in [-0.05, 0) is 29.0 Å². The van der Waals surface area contributed by atoms with E-state index in [0.717, 1.165) is 24.4 Å². The van der Waals surface area contributed by atoms with E-state index in [0.29, 0.717) is 0 Å². The molecule has 0 bridgehead atoms. The van der Waals surface area contributed by atoms with Gasteiger partial charge in [0.15, 0.2) is 5.82 Å². The number of aryl methyl sites for hydroxylation is 1. The Kier molecular flexibility index (Phi) is 4.24. The van der Waals surface area contributed by atoms with Crippen molar-refractivity contribution in [1.29, 1.82) is 0 Å². The Hall–Kier alpha value is -1.71. The highest BCUT2D eigenvalue weighted by Crippen LogP contribution is 2.10. The molecule has 0 radical (unpaired) electrons. The normalized spacial score (nSPS) is 10.6. The summed E-state index contributed by atoms with van der Waals surface area (Å²) in [6.45, 7) is 2.22. The van der Waals surface area contributed by atoms with Gasteiger partial charge in [-0.3, -0.25) is 0 Å². The lowest BCUT2D eigenvalue weighted by molar-refractivity contribution is 0.640. The van der Waals surface area contributed by atoms with Gasteiger partial charge < -0.3 is 0 Å². The zero-order valence-corrected chi connectivity index (χ0v) is 10.2. The van der Waals surface area contributed by atoms with Gasteiger partial charge in [0.2, 0.25) is 0 Å². The molecule has 0 aliphatic rings. The molecule has 0 spiro atoms. The van der Waals surface area contributed by atoms with E-state index in [2.05, 4.69) is 22.4 Å². The Morgan fingerprint density at radius 1 is 1.06 bits per heavy atom. The molecule has 0 amide bonds. The number of nitrogens with zero attached hydrogens (tertiary/aromatic N) is 4. The van der Waals surface area contributed by atoms with Crippen molar-refractivity contribution in [3.8, 4) is 5.69 Å². The average Bonchev–Trinajstić information content (AvgIpc) is 2.84. The molecular formula is C13H18N4. The molecular weight excluding hydrogens is 212 g/mol. The van der Waals surface area contributed by atoms with Gasteiger partial charge in [0.05, 0.1) is 5.69 Å². The maximum Gasteiger partial charge on any atom is 0.156 e. The molecule has 17 heavy (non-hydrogen) atoms. The van der Waals surface area contributed by atoms with E-state index in [1.54, 1.807) is 0 Å². The highest BCUT2D eigenvalue weighted by Gasteiger charge is 2.06. The van der Waals surface area contributed by atoms with Crippen molar-refractivity contribution in [2.24, 2.45) is 0 Å². The van der Waals surface area contributed by atoms with E-state index in [4.69, 9.17) is 0 Å². The minimum absolute atomic E-state index is 0.946. The molecule has 0 saturated carbocycles. The standard InChI is InChI=1S/C13H18N4/c1-2-3-4-8-11-13-14-15-16-17(13)12-9-6-5-7-10-12/h5-7,9-10H,2-4,8,11H2,1H3. The summed E-state index contributed by atoms with van der Waals surface area (Å²) in [5.74, 6) is 0.951. The van der Waals surface area contributed by atoms with Crippen molar-refractivity contribution >= 4 is 0 Å². The van der Waals surface area contributed by atoms with Crippen molar-refractivity contribution in [3.05, 3.63) is 36.2 Å². The summed E-state index contributed by atoms with van der Waals surface area (Å²) in [5, 5.41) is 11.9. The third-order valence-corrected chi connectivity index (χ3v) is 2.79. The van der Waals surface area contributed by atoms with Crippen LogP contribution in [0.4, 0.5) is 0 Å². The van der Waals surface area contributed by atoms with Crippen molar-refractivity contribution in [1.82, 2.24) is 20.2 Å². The fourth-order valence-electron chi connectivity index (χ4n) is 1.84. The van der Waals surface area contributed by atoms with Gasteiger partial charge >= 0.3 is 0 Å². The van der Waals surface area contributed by atoms with Gasteiger partial charge in [-0.25, -0.2) is 0 Å². The molecule has 0 N–H and O–H groups in total. The number of tetrazole rings is 1. The predicted octanol–water partition coefficient (Wildman–Crippen LogP) is 2.79. The smallest absolute Gasteiger partial charge is 0.156 e. The highest BCUT2D eigenvalue weighted by molar-refractivity contribution is 5.30. The SMILES string of the molecule is CCCCCCc1nnnn1-c1ccccc1. The van der Waals surface area contributed by atoms with E-state index in [-0.39, 0.29) is 0 Å². The first-order valence-electron chi connectivity index (χ1n) is 6.24. The van der Waals surface area contributed by atoms with Gasteiger partial charge in [0, 0.05) is 6.42 Å². The molecule has 0 aliphatic heterocycles. The number of aromatic nitrogens is 4. The van der Waals surface area contributed by atoms with Crippen LogP contribution in [0.5, 0.6) is 0 Å². The zero-order valence-electron chi connectivity index (χ0n) is 10.2. The minimum Gasteiger partial charge on any atom is -0.197 e. The lowest BCUT2D eigenvalue weighted by atomic mass is 10.1. The maximum atomic E-state index is 4.09. The van der Waals surface area contributed by atoms with Crippen LogP contribution in [0.2, 0.25) is 0 Å². The summed E-state index contributed by atoms with van der Waals surface area (Å²) in [5.41, 5.74) is 1.03. The zero-order chi connectivity index (χ0) is 11.9. The van der Waals surface area contributed by atoms with E-state index in [1.165, 1.54) is 19.3 Å². The largest absolute Gasteiger partial charge is 0.197 e. The van der Waals surface area contributed by atoms with Gasteiger partial charge in [-0.2, -0.15) is 4.68 Å². The Morgan fingerprint density at radius 2 is 1.88 bits per heavy atom. The first-order valence-corrected chi connectivity index (χ1v) is 6.24. The monoisotopic (exact) mass is 230 g/mol. The molecule has 0 atom stereocenters. The molecule has 0 saturated heterocycles. The molecule has 4 heteroatoms. The van der Waals surface area contributed by atoms with E-state index in [1.807, 2.05) is 35.0 Å². The van der Waals surface area contributed by atoms with Crippen molar-refractivity contribution < 1.29 is 0 Å². The summed E-state index contributed by atoms with van der Waals surface area (Å²) < 4.78 is 1.83. The van der Waals surface area contributed by atoms with Crippen LogP contribution < -0.4 is 0 Å². The van der Waals surface area contributed by atoms with Crippen LogP contribution >= 0.6 is 0 Å². The van der Waals surface area contributed by atoms with Gasteiger partial charge in [-0.15, -0.1) is 5.10 Å². The second-order valence-electron chi connectivity index (χ2n) is 4.15. The molecule has 2 rings (SSSR count). The van der Waals surface area contributed by atoms with E-state index >= 15 is 0 Å². The molecule has 1 aromatic heterocycles. The molecule has 4 nitrogen and oxygen atoms in total. The number of benzene rings is 1. The Bertz CT molecular complexity index is 436. The molecule has 1 aromatic carbocycles. The summed E-state index contributed by atoms with van der Waals surface area (Å²) in [6.07, 6.45) is 5.89. The number of hydrogen-bond acceptors (Lipinski definition) is 3. The quantitative estimate of drug-likeness (QED) is 0.717. The summed E-state index contributed by atoms with van der Waals surface area (Å²) >= 11 is 0. The van der Waals surface area contributed by atoms with E-state index < -0.39 is 0 Å².